The van der Waals surface area contributed by atoms with Crippen molar-refractivity contribution in [3.8, 4) is 0 Å². The molecule has 1 aromatic carbocycles. The van der Waals surface area contributed by atoms with Crippen LogP contribution in [-0.4, -0.2) is 0 Å². The van der Waals surface area contributed by atoms with Crippen LogP contribution in [0, 0.1) is 0 Å². The first-order chi connectivity index (χ1) is 8.83. The molecule has 0 radical (unpaired) electrons. The van der Waals surface area contributed by atoms with Crippen LogP contribution in [0.2, 0.25) is 0 Å². The minimum atomic E-state index is 0.924. The molecule has 1 aromatic heterocycles. The van der Waals surface area contributed by atoms with E-state index in [0.717, 1.165) is 26.2 Å². The van der Waals surface area contributed by atoms with Crippen molar-refractivity contribution in [3.63, 3.8) is 0 Å². The van der Waals surface area contributed by atoms with Crippen molar-refractivity contribution in [2.75, 3.05) is 0 Å². The Hall–Kier alpha value is -0.680. The largest absolute Gasteiger partial charge is 0.309 e. The molecule has 0 fully saturated rings. The number of nitrogens with one attached hydrogen (secondary N) is 2. The minimum absolute atomic E-state index is 0.924. The van der Waals surface area contributed by atoms with Crippen LogP contribution in [0.4, 0.5) is 0 Å². The van der Waals surface area contributed by atoms with E-state index >= 15 is 0 Å². The highest BCUT2D eigenvalue weighted by molar-refractivity contribution is 9.10. The Morgan fingerprint density at radius 3 is 2.89 bits per heavy atom. The maximum Gasteiger partial charge on any atom is 0.0327 e. The van der Waals surface area contributed by atoms with Gasteiger partial charge in [-0.05, 0) is 44.1 Å². The average molecular weight is 323 g/mol. The Balaban J connectivity index is 1.59. The van der Waals surface area contributed by atoms with Crippen LogP contribution in [-0.2, 0) is 26.2 Å². The highest BCUT2D eigenvalue weighted by Crippen LogP contribution is 2.22. The number of rotatable bonds is 4. The Morgan fingerprint density at radius 1 is 1.17 bits per heavy atom. The molecule has 2 heterocycles. The van der Waals surface area contributed by atoms with Crippen LogP contribution < -0.4 is 10.6 Å². The van der Waals surface area contributed by atoms with Crippen molar-refractivity contribution in [2.45, 2.75) is 26.2 Å². The first kappa shape index (κ1) is 12.4. The molecule has 1 aliphatic rings. The van der Waals surface area contributed by atoms with Crippen LogP contribution in [0.15, 0.2) is 34.1 Å². The molecular weight excluding hydrogens is 308 g/mol. The number of hydrogen-bond donors (Lipinski definition) is 2. The fourth-order valence-electron chi connectivity index (χ4n) is 2.23. The number of hydrogen-bond acceptors (Lipinski definition) is 3. The van der Waals surface area contributed by atoms with Crippen molar-refractivity contribution < 1.29 is 0 Å². The summed E-state index contributed by atoms with van der Waals surface area (Å²) >= 11 is 5.34. The van der Waals surface area contributed by atoms with Gasteiger partial charge in [-0.25, -0.2) is 0 Å². The molecule has 0 bridgehead atoms. The fourth-order valence-corrected chi connectivity index (χ4v) is 3.69. The number of fused-ring (bicyclic) bond motifs is 1. The molecule has 0 aliphatic carbocycles. The third-order valence-corrected chi connectivity index (χ3v) is 5.13. The predicted octanol–water partition coefficient (Wildman–Crippen LogP) is 3.40. The van der Waals surface area contributed by atoms with Gasteiger partial charge in [-0.2, -0.15) is 0 Å². The lowest BCUT2D eigenvalue weighted by Gasteiger charge is -2.06. The summed E-state index contributed by atoms with van der Waals surface area (Å²) in [7, 11) is 0. The predicted molar refractivity (Wildman–Crippen MR) is 79.5 cm³/mol. The van der Waals surface area contributed by atoms with Gasteiger partial charge in [0.1, 0.15) is 0 Å². The summed E-state index contributed by atoms with van der Waals surface area (Å²) < 4.78 is 1.21. The molecule has 0 spiro atoms. The van der Waals surface area contributed by atoms with E-state index in [0.29, 0.717) is 0 Å². The van der Waals surface area contributed by atoms with Gasteiger partial charge in [0.25, 0.3) is 0 Å². The van der Waals surface area contributed by atoms with Gasteiger partial charge in [-0.1, -0.05) is 18.2 Å². The normalized spacial score (nSPS) is 13.8. The summed E-state index contributed by atoms with van der Waals surface area (Å²) in [6.45, 7) is 3.88. The van der Waals surface area contributed by atoms with Gasteiger partial charge in [0.2, 0.25) is 0 Å². The maximum absolute atomic E-state index is 3.56. The van der Waals surface area contributed by atoms with Crippen LogP contribution >= 0.6 is 27.3 Å². The Bertz CT molecular complexity index is 550. The van der Waals surface area contributed by atoms with E-state index in [4.69, 9.17) is 0 Å². The highest BCUT2D eigenvalue weighted by atomic mass is 79.9. The smallest absolute Gasteiger partial charge is 0.0327 e. The molecular formula is C14H15BrN2S. The zero-order valence-corrected chi connectivity index (χ0v) is 12.4. The molecule has 18 heavy (non-hydrogen) atoms. The molecule has 2 aromatic rings. The van der Waals surface area contributed by atoms with Crippen molar-refractivity contribution in [3.05, 3.63) is 55.7 Å². The third-order valence-electron chi connectivity index (χ3n) is 3.21. The molecule has 0 atom stereocenters. The summed E-state index contributed by atoms with van der Waals surface area (Å²) in [6.07, 6.45) is 0. The van der Waals surface area contributed by atoms with E-state index in [1.54, 1.807) is 11.3 Å². The third kappa shape index (κ3) is 2.67. The highest BCUT2D eigenvalue weighted by Gasteiger charge is 2.09. The quantitative estimate of drug-likeness (QED) is 0.901. The Morgan fingerprint density at radius 2 is 2.06 bits per heavy atom. The lowest BCUT2D eigenvalue weighted by molar-refractivity contribution is 0.698. The molecule has 3 rings (SSSR count). The van der Waals surface area contributed by atoms with Gasteiger partial charge in [0, 0.05) is 35.5 Å². The van der Waals surface area contributed by atoms with E-state index < -0.39 is 0 Å². The van der Waals surface area contributed by atoms with E-state index in [1.165, 1.54) is 26.0 Å². The van der Waals surface area contributed by atoms with Crippen LogP contribution in [0.1, 0.15) is 21.6 Å². The molecule has 0 saturated heterocycles. The summed E-state index contributed by atoms with van der Waals surface area (Å²) in [5.74, 6) is 0. The zero-order valence-electron chi connectivity index (χ0n) is 10.0. The van der Waals surface area contributed by atoms with Gasteiger partial charge >= 0.3 is 0 Å². The molecule has 1 aliphatic heterocycles. The minimum Gasteiger partial charge on any atom is -0.309 e. The summed E-state index contributed by atoms with van der Waals surface area (Å²) in [4.78, 5) is 1.36. The average Bonchev–Trinajstić information content (AvgIpc) is 2.98. The molecule has 2 N–H and O–H groups in total. The molecule has 94 valence electrons. The number of thiophene rings is 1. The molecule has 2 nitrogen and oxygen atoms in total. The van der Waals surface area contributed by atoms with E-state index in [2.05, 4.69) is 56.2 Å². The zero-order chi connectivity index (χ0) is 12.4. The molecule has 0 amide bonds. The van der Waals surface area contributed by atoms with Crippen molar-refractivity contribution >= 4 is 27.3 Å². The van der Waals surface area contributed by atoms with Crippen LogP contribution in [0.25, 0.3) is 0 Å². The lowest BCUT2D eigenvalue weighted by Crippen LogP contribution is -2.12. The first-order valence-corrected chi connectivity index (χ1v) is 7.74. The van der Waals surface area contributed by atoms with Crippen molar-refractivity contribution in [1.29, 1.82) is 0 Å². The number of benzene rings is 1. The standard InChI is InChI=1S/C14H15BrN2S/c15-13-3-4-18-14(13)9-16-6-10-1-2-11-7-17-8-12(11)5-10/h1-5,16-17H,6-9H2. The van der Waals surface area contributed by atoms with Crippen LogP contribution in [0.3, 0.4) is 0 Å². The van der Waals surface area contributed by atoms with E-state index in [-0.39, 0.29) is 0 Å². The SMILES string of the molecule is Brc1ccsc1CNCc1ccc2c(c1)CNC2. The summed E-state index contributed by atoms with van der Waals surface area (Å²) in [6, 6.07) is 8.88. The van der Waals surface area contributed by atoms with Crippen molar-refractivity contribution in [2.24, 2.45) is 0 Å². The number of halogens is 1. The Labute approximate surface area is 120 Å². The lowest BCUT2D eigenvalue weighted by atomic mass is 10.1. The summed E-state index contributed by atoms with van der Waals surface area (Å²) in [5, 5.41) is 8.99. The van der Waals surface area contributed by atoms with Gasteiger partial charge < -0.3 is 10.6 Å². The van der Waals surface area contributed by atoms with Gasteiger partial charge in [0.05, 0.1) is 0 Å². The fraction of sp³-hybridized carbons (Fsp3) is 0.286. The van der Waals surface area contributed by atoms with Crippen molar-refractivity contribution in [1.82, 2.24) is 10.6 Å². The second-order valence-corrected chi connectivity index (χ2v) is 6.36. The van der Waals surface area contributed by atoms with E-state index in [1.807, 2.05) is 0 Å². The maximum atomic E-state index is 3.56. The topological polar surface area (TPSA) is 24.1 Å². The van der Waals surface area contributed by atoms with Crippen LogP contribution in [0.5, 0.6) is 0 Å². The van der Waals surface area contributed by atoms with Gasteiger partial charge in [-0.3, -0.25) is 0 Å². The molecule has 0 saturated carbocycles. The summed E-state index contributed by atoms with van der Waals surface area (Å²) in [5.41, 5.74) is 4.26. The molecule has 4 heteroatoms. The van der Waals surface area contributed by atoms with E-state index in [9.17, 15) is 0 Å². The van der Waals surface area contributed by atoms with Gasteiger partial charge in [-0.15, -0.1) is 11.3 Å². The second-order valence-electron chi connectivity index (χ2n) is 4.50. The Kier molecular flexibility index (Phi) is 3.80. The first-order valence-electron chi connectivity index (χ1n) is 6.07. The second kappa shape index (κ2) is 5.53. The van der Waals surface area contributed by atoms with Gasteiger partial charge in [0.15, 0.2) is 0 Å². The molecule has 0 unspecified atom stereocenters. The monoisotopic (exact) mass is 322 g/mol.